The SMILES string of the molecule is CNc1c(Cl)ncnc1NCCOc1cccc(NC(C)=O)c1. The highest BCUT2D eigenvalue weighted by molar-refractivity contribution is 6.32. The van der Waals surface area contributed by atoms with E-state index < -0.39 is 0 Å². The zero-order valence-corrected chi connectivity index (χ0v) is 13.6. The lowest BCUT2D eigenvalue weighted by atomic mass is 10.3. The maximum atomic E-state index is 11.0. The van der Waals surface area contributed by atoms with E-state index >= 15 is 0 Å². The highest BCUT2D eigenvalue weighted by Crippen LogP contribution is 2.25. The van der Waals surface area contributed by atoms with Crippen LogP contribution in [0.1, 0.15) is 6.92 Å². The number of aromatic nitrogens is 2. The predicted molar refractivity (Wildman–Crippen MR) is 91.3 cm³/mol. The van der Waals surface area contributed by atoms with Crippen LogP contribution in [-0.2, 0) is 4.79 Å². The van der Waals surface area contributed by atoms with Gasteiger partial charge in [-0.25, -0.2) is 9.97 Å². The van der Waals surface area contributed by atoms with Gasteiger partial charge >= 0.3 is 0 Å². The molecule has 23 heavy (non-hydrogen) atoms. The van der Waals surface area contributed by atoms with E-state index in [1.165, 1.54) is 13.3 Å². The summed E-state index contributed by atoms with van der Waals surface area (Å²) in [6, 6.07) is 7.21. The Balaban J connectivity index is 1.86. The molecule has 1 aromatic heterocycles. The molecule has 0 radical (unpaired) electrons. The molecule has 0 fully saturated rings. The number of nitrogens with one attached hydrogen (secondary N) is 3. The van der Waals surface area contributed by atoms with Gasteiger partial charge in [0.2, 0.25) is 5.91 Å². The van der Waals surface area contributed by atoms with Crippen LogP contribution in [0.15, 0.2) is 30.6 Å². The third kappa shape index (κ3) is 5.00. The van der Waals surface area contributed by atoms with E-state index in [4.69, 9.17) is 16.3 Å². The molecular formula is C15H18ClN5O2. The first kappa shape index (κ1) is 16.8. The molecule has 0 atom stereocenters. The molecule has 2 rings (SSSR count). The number of ether oxygens (including phenoxy) is 1. The van der Waals surface area contributed by atoms with E-state index in [9.17, 15) is 4.79 Å². The van der Waals surface area contributed by atoms with Crippen molar-refractivity contribution in [1.29, 1.82) is 0 Å². The Morgan fingerprint density at radius 1 is 1.35 bits per heavy atom. The Hall–Kier alpha value is -2.54. The fraction of sp³-hybridized carbons (Fsp3) is 0.267. The molecule has 0 bridgehead atoms. The Morgan fingerprint density at radius 3 is 2.91 bits per heavy atom. The molecule has 8 heteroatoms. The first-order valence-corrected chi connectivity index (χ1v) is 7.40. The monoisotopic (exact) mass is 335 g/mol. The normalized spacial score (nSPS) is 10.0. The van der Waals surface area contributed by atoms with Crippen LogP contribution < -0.4 is 20.7 Å². The van der Waals surface area contributed by atoms with Gasteiger partial charge in [-0.2, -0.15) is 0 Å². The minimum atomic E-state index is -0.121. The zero-order chi connectivity index (χ0) is 16.7. The van der Waals surface area contributed by atoms with E-state index in [0.29, 0.717) is 41.2 Å². The quantitative estimate of drug-likeness (QED) is 0.532. The third-order valence-electron chi connectivity index (χ3n) is 2.87. The van der Waals surface area contributed by atoms with Crippen LogP contribution in [0, 0.1) is 0 Å². The Labute approximate surface area is 139 Å². The lowest BCUT2D eigenvalue weighted by Gasteiger charge is -2.12. The van der Waals surface area contributed by atoms with Gasteiger partial charge in [0.05, 0.1) is 6.54 Å². The molecule has 1 heterocycles. The summed E-state index contributed by atoms with van der Waals surface area (Å²) in [6.07, 6.45) is 1.39. The summed E-state index contributed by atoms with van der Waals surface area (Å²) in [5.41, 5.74) is 1.34. The summed E-state index contributed by atoms with van der Waals surface area (Å²) in [5.74, 6) is 1.17. The molecule has 0 saturated carbocycles. The Bertz CT molecular complexity index is 681. The van der Waals surface area contributed by atoms with E-state index in [1.807, 2.05) is 12.1 Å². The maximum absolute atomic E-state index is 11.0. The number of benzene rings is 1. The van der Waals surface area contributed by atoms with Crippen molar-refractivity contribution in [3.05, 3.63) is 35.7 Å². The van der Waals surface area contributed by atoms with Crippen molar-refractivity contribution < 1.29 is 9.53 Å². The fourth-order valence-corrected chi connectivity index (χ4v) is 2.15. The molecule has 122 valence electrons. The van der Waals surface area contributed by atoms with Crippen molar-refractivity contribution in [3.63, 3.8) is 0 Å². The first-order chi connectivity index (χ1) is 11.1. The molecule has 0 saturated heterocycles. The smallest absolute Gasteiger partial charge is 0.221 e. The minimum absolute atomic E-state index is 0.121. The van der Waals surface area contributed by atoms with Crippen LogP contribution >= 0.6 is 11.6 Å². The summed E-state index contributed by atoms with van der Waals surface area (Å²) in [7, 11) is 1.75. The van der Waals surface area contributed by atoms with Crippen molar-refractivity contribution in [2.45, 2.75) is 6.92 Å². The molecule has 2 aromatic rings. The second-order valence-electron chi connectivity index (χ2n) is 4.62. The van der Waals surface area contributed by atoms with Gasteiger partial charge in [-0.1, -0.05) is 17.7 Å². The van der Waals surface area contributed by atoms with Crippen LogP contribution in [0.25, 0.3) is 0 Å². The second-order valence-corrected chi connectivity index (χ2v) is 4.98. The number of hydrogen-bond acceptors (Lipinski definition) is 6. The highest BCUT2D eigenvalue weighted by atomic mass is 35.5. The number of carbonyl (C=O) groups excluding carboxylic acids is 1. The number of hydrogen-bond donors (Lipinski definition) is 3. The second kappa shape index (κ2) is 8.19. The number of halogens is 1. The van der Waals surface area contributed by atoms with E-state index in [0.717, 1.165) is 0 Å². The summed E-state index contributed by atoms with van der Waals surface area (Å²) < 4.78 is 5.64. The van der Waals surface area contributed by atoms with Crippen molar-refractivity contribution >= 4 is 34.7 Å². The van der Waals surface area contributed by atoms with Gasteiger partial charge in [-0.05, 0) is 12.1 Å². The highest BCUT2D eigenvalue weighted by Gasteiger charge is 2.07. The minimum Gasteiger partial charge on any atom is -0.492 e. The fourth-order valence-electron chi connectivity index (χ4n) is 1.92. The molecule has 0 aliphatic rings. The van der Waals surface area contributed by atoms with E-state index in [-0.39, 0.29) is 5.91 Å². The molecule has 0 spiro atoms. The van der Waals surface area contributed by atoms with Crippen LogP contribution in [-0.4, -0.2) is 36.1 Å². The summed E-state index contributed by atoms with van der Waals surface area (Å²) >= 11 is 5.98. The summed E-state index contributed by atoms with van der Waals surface area (Å²) in [5, 5.41) is 9.14. The van der Waals surface area contributed by atoms with Crippen LogP contribution in [0.3, 0.4) is 0 Å². The largest absolute Gasteiger partial charge is 0.492 e. The van der Waals surface area contributed by atoms with Gasteiger partial charge in [0.25, 0.3) is 0 Å². The van der Waals surface area contributed by atoms with Crippen LogP contribution in [0.4, 0.5) is 17.2 Å². The van der Waals surface area contributed by atoms with E-state index in [1.54, 1.807) is 19.2 Å². The van der Waals surface area contributed by atoms with Gasteiger partial charge in [0, 0.05) is 25.7 Å². The lowest BCUT2D eigenvalue weighted by Crippen LogP contribution is -2.14. The molecule has 3 N–H and O–H groups in total. The third-order valence-corrected chi connectivity index (χ3v) is 3.16. The number of carbonyl (C=O) groups is 1. The molecule has 1 amide bonds. The molecule has 0 unspecified atom stereocenters. The molecule has 0 aliphatic carbocycles. The lowest BCUT2D eigenvalue weighted by molar-refractivity contribution is -0.114. The molecule has 7 nitrogen and oxygen atoms in total. The summed E-state index contributed by atoms with van der Waals surface area (Å²) in [4.78, 5) is 19.1. The average molecular weight is 336 g/mol. The van der Waals surface area contributed by atoms with Gasteiger partial charge in [-0.15, -0.1) is 0 Å². The topological polar surface area (TPSA) is 88.2 Å². The first-order valence-electron chi connectivity index (χ1n) is 7.02. The number of nitrogens with zero attached hydrogens (tertiary/aromatic N) is 2. The van der Waals surface area contributed by atoms with Gasteiger partial charge < -0.3 is 20.7 Å². The molecule has 1 aromatic carbocycles. The number of amides is 1. The maximum Gasteiger partial charge on any atom is 0.221 e. The van der Waals surface area contributed by atoms with Crippen LogP contribution in [0.2, 0.25) is 5.15 Å². The molecular weight excluding hydrogens is 318 g/mol. The summed E-state index contributed by atoms with van der Waals surface area (Å²) in [6.45, 7) is 2.42. The number of anilines is 3. The number of rotatable bonds is 7. The van der Waals surface area contributed by atoms with Gasteiger partial charge in [0.1, 0.15) is 24.4 Å². The molecule has 0 aliphatic heterocycles. The average Bonchev–Trinajstić information content (AvgIpc) is 2.51. The Kier molecular flexibility index (Phi) is 5.99. The predicted octanol–water partition coefficient (Wildman–Crippen LogP) is 2.62. The standard InChI is InChI=1S/C15H18ClN5O2/c1-10(22)21-11-4-3-5-12(8-11)23-7-6-18-15-13(17-2)14(16)19-9-20-15/h3-5,8-9,17H,6-7H2,1-2H3,(H,21,22)(H,18,19,20). The van der Waals surface area contributed by atoms with Crippen molar-refractivity contribution in [1.82, 2.24) is 9.97 Å². The Morgan fingerprint density at radius 2 is 2.17 bits per heavy atom. The van der Waals surface area contributed by atoms with Crippen molar-refractivity contribution in [2.75, 3.05) is 36.1 Å². The van der Waals surface area contributed by atoms with Crippen molar-refractivity contribution in [2.24, 2.45) is 0 Å². The zero-order valence-electron chi connectivity index (χ0n) is 12.9. The van der Waals surface area contributed by atoms with Crippen molar-refractivity contribution in [3.8, 4) is 5.75 Å². The van der Waals surface area contributed by atoms with E-state index in [2.05, 4.69) is 25.9 Å². The van der Waals surface area contributed by atoms with Gasteiger partial charge in [-0.3, -0.25) is 4.79 Å². The van der Waals surface area contributed by atoms with Crippen LogP contribution in [0.5, 0.6) is 5.75 Å². The van der Waals surface area contributed by atoms with Gasteiger partial charge in [0.15, 0.2) is 11.0 Å².